The SMILES string of the molecule is O=C(NCCc1ccccn1)c1cccc(OC[C@H]2CCCO2)c1. The van der Waals surface area contributed by atoms with Gasteiger partial charge in [-0.05, 0) is 43.2 Å². The van der Waals surface area contributed by atoms with Gasteiger partial charge in [0.1, 0.15) is 12.4 Å². The first kappa shape index (κ1) is 16.5. The van der Waals surface area contributed by atoms with Gasteiger partial charge in [0, 0.05) is 37.0 Å². The first-order valence-corrected chi connectivity index (χ1v) is 8.34. The molecular weight excluding hydrogens is 304 g/mol. The second kappa shape index (κ2) is 8.45. The van der Waals surface area contributed by atoms with Crippen LogP contribution in [0.3, 0.4) is 0 Å². The Bertz CT molecular complexity index is 655. The summed E-state index contributed by atoms with van der Waals surface area (Å²) in [7, 11) is 0. The van der Waals surface area contributed by atoms with Crippen LogP contribution in [0.4, 0.5) is 0 Å². The highest BCUT2D eigenvalue weighted by atomic mass is 16.5. The maximum Gasteiger partial charge on any atom is 0.251 e. The van der Waals surface area contributed by atoms with Gasteiger partial charge in [0.15, 0.2) is 0 Å². The molecule has 1 aliphatic heterocycles. The van der Waals surface area contributed by atoms with E-state index in [0.717, 1.165) is 25.1 Å². The predicted octanol–water partition coefficient (Wildman–Crippen LogP) is 2.61. The van der Waals surface area contributed by atoms with Crippen LogP contribution < -0.4 is 10.1 Å². The zero-order valence-corrected chi connectivity index (χ0v) is 13.6. The third-order valence-electron chi connectivity index (χ3n) is 3.95. The van der Waals surface area contributed by atoms with Gasteiger partial charge in [0.25, 0.3) is 5.91 Å². The highest BCUT2D eigenvalue weighted by Gasteiger charge is 2.16. The number of carbonyl (C=O) groups excluding carboxylic acids is 1. The van der Waals surface area contributed by atoms with Gasteiger partial charge in [0.05, 0.1) is 6.10 Å². The van der Waals surface area contributed by atoms with E-state index in [4.69, 9.17) is 9.47 Å². The van der Waals surface area contributed by atoms with Crippen LogP contribution >= 0.6 is 0 Å². The minimum Gasteiger partial charge on any atom is -0.491 e. The molecule has 1 atom stereocenters. The molecule has 1 aromatic heterocycles. The number of ether oxygens (including phenoxy) is 2. The second-order valence-electron chi connectivity index (χ2n) is 5.80. The van der Waals surface area contributed by atoms with Crippen molar-refractivity contribution in [1.82, 2.24) is 10.3 Å². The minimum atomic E-state index is -0.103. The fourth-order valence-corrected chi connectivity index (χ4v) is 2.64. The number of nitrogens with one attached hydrogen (secondary N) is 1. The number of aromatic nitrogens is 1. The summed E-state index contributed by atoms with van der Waals surface area (Å²) in [5, 5.41) is 2.91. The predicted molar refractivity (Wildman–Crippen MR) is 91.2 cm³/mol. The average molecular weight is 326 g/mol. The van der Waals surface area contributed by atoms with Gasteiger partial charge in [-0.1, -0.05) is 12.1 Å². The van der Waals surface area contributed by atoms with Gasteiger partial charge in [-0.15, -0.1) is 0 Å². The van der Waals surface area contributed by atoms with Gasteiger partial charge < -0.3 is 14.8 Å². The summed E-state index contributed by atoms with van der Waals surface area (Å²) < 4.78 is 11.3. The number of benzene rings is 1. The summed E-state index contributed by atoms with van der Waals surface area (Å²) in [4.78, 5) is 16.5. The van der Waals surface area contributed by atoms with E-state index >= 15 is 0 Å². The molecule has 0 radical (unpaired) electrons. The molecule has 0 spiro atoms. The van der Waals surface area contributed by atoms with Crippen molar-refractivity contribution in [2.75, 3.05) is 19.8 Å². The summed E-state index contributed by atoms with van der Waals surface area (Å²) in [6.07, 6.45) is 4.76. The molecule has 1 aromatic carbocycles. The van der Waals surface area contributed by atoms with Crippen LogP contribution in [0.15, 0.2) is 48.7 Å². The topological polar surface area (TPSA) is 60.5 Å². The summed E-state index contributed by atoms with van der Waals surface area (Å²) in [6, 6.07) is 13.0. The molecule has 0 aliphatic carbocycles. The van der Waals surface area contributed by atoms with Crippen molar-refractivity contribution in [1.29, 1.82) is 0 Å². The maximum absolute atomic E-state index is 12.2. The molecule has 1 N–H and O–H groups in total. The molecule has 3 rings (SSSR count). The Morgan fingerprint density at radius 3 is 3.04 bits per heavy atom. The first-order valence-electron chi connectivity index (χ1n) is 8.34. The molecule has 5 nitrogen and oxygen atoms in total. The van der Waals surface area contributed by atoms with E-state index in [1.807, 2.05) is 30.3 Å². The lowest BCUT2D eigenvalue weighted by Crippen LogP contribution is -2.26. The molecule has 0 saturated carbocycles. The minimum absolute atomic E-state index is 0.103. The highest BCUT2D eigenvalue weighted by Crippen LogP contribution is 2.17. The van der Waals surface area contributed by atoms with Gasteiger partial charge in [-0.3, -0.25) is 9.78 Å². The number of amides is 1. The fourth-order valence-electron chi connectivity index (χ4n) is 2.64. The lowest BCUT2D eigenvalue weighted by atomic mass is 10.2. The van der Waals surface area contributed by atoms with Crippen LogP contribution in [0.5, 0.6) is 5.75 Å². The van der Waals surface area contributed by atoms with Crippen molar-refractivity contribution < 1.29 is 14.3 Å². The van der Waals surface area contributed by atoms with Crippen LogP contribution in [0.2, 0.25) is 0 Å². The molecule has 0 bridgehead atoms. The number of nitrogens with zero attached hydrogens (tertiary/aromatic N) is 1. The Balaban J connectivity index is 1.48. The van der Waals surface area contributed by atoms with Crippen LogP contribution in [0.1, 0.15) is 28.9 Å². The molecule has 5 heteroatoms. The lowest BCUT2D eigenvalue weighted by molar-refractivity contribution is 0.0679. The van der Waals surface area contributed by atoms with Crippen LogP contribution in [0, 0.1) is 0 Å². The van der Waals surface area contributed by atoms with Crippen molar-refractivity contribution in [3.8, 4) is 5.75 Å². The number of pyridine rings is 1. The van der Waals surface area contributed by atoms with Gasteiger partial charge in [-0.2, -0.15) is 0 Å². The van der Waals surface area contributed by atoms with E-state index in [0.29, 0.717) is 30.9 Å². The van der Waals surface area contributed by atoms with Crippen LogP contribution in [-0.4, -0.2) is 36.8 Å². The molecule has 0 unspecified atom stereocenters. The summed E-state index contributed by atoms with van der Waals surface area (Å²) in [5.74, 6) is 0.594. The number of carbonyl (C=O) groups is 1. The first-order chi connectivity index (χ1) is 11.8. The Kier molecular flexibility index (Phi) is 5.80. The molecule has 2 aromatic rings. The third-order valence-corrected chi connectivity index (χ3v) is 3.95. The zero-order chi connectivity index (χ0) is 16.6. The molecule has 1 amide bonds. The quantitative estimate of drug-likeness (QED) is 0.850. The average Bonchev–Trinajstić information content (AvgIpc) is 3.15. The van der Waals surface area contributed by atoms with Crippen molar-refractivity contribution in [2.45, 2.75) is 25.4 Å². The standard InChI is InChI=1S/C19H22N2O3/c22-19(21-11-9-16-6-1-2-10-20-16)15-5-3-7-17(13-15)24-14-18-8-4-12-23-18/h1-3,5-7,10,13,18H,4,8-9,11-12,14H2,(H,21,22)/t18-/m1/s1. The summed E-state index contributed by atoms with van der Waals surface area (Å²) in [6.45, 7) is 1.90. The fraction of sp³-hybridized carbons (Fsp3) is 0.368. The number of hydrogen-bond acceptors (Lipinski definition) is 4. The number of rotatable bonds is 7. The Morgan fingerprint density at radius 1 is 1.29 bits per heavy atom. The highest BCUT2D eigenvalue weighted by molar-refractivity contribution is 5.94. The summed E-state index contributed by atoms with van der Waals surface area (Å²) >= 11 is 0. The molecule has 2 heterocycles. The van der Waals surface area contributed by atoms with Crippen molar-refractivity contribution in [2.24, 2.45) is 0 Å². The number of hydrogen-bond donors (Lipinski definition) is 1. The Morgan fingerprint density at radius 2 is 2.25 bits per heavy atom. The zero-order valence-electron chi connectivity index (χ0n) is 13.6. The molecular formula is C19H22N2O3. The van der Waals surface area contributed by atoms with Crippen molar-refractivity contribution in [3.05, 3.63) is 59.9 Å². The lowest BCUT2D eigenvalue weighted by Gasteiger charge is -2.12. The summed E-state index contributed by atoms with van der Waals surface area (Å²) in [5.41, 5.74) is 1.56. The van der Waals surface area contributed by atoms with Gasteiger partial charge in [0.2, 0.25) is 0 Å². The monoisotopic (exact) mass is 326 g/mol. The molecule has 126 valence electrons. The van der Waals surface area contributed by atoms with Crippen molar-refractivity contribution in [3.63, 3.8) is 0 Å². The second-order valence-corrected chi connectivity index (χ2v) is 5.80. The Labute approximate surface area is 142 Å². The van der Waals surface area contributed by atoms with Crippen LogP contribution in [0.25, 0.3) is 0 Å². The van der Waals surface area contributed by atoms with E-state index in [2.05, 4.69) is 10.3 Å². The van der Waals surface area contributed by atoms with E-state index in [9.17, 15) is 4.79 Å². The van der Waals surface area contributed by atoms with E-state index in [1.54, 1.807) is 18.3 Å². The molecule has 1 fully saturated rings. The van der Waals surface area contributed by atoms with Gasteiger partial charge in [-0.25, -0.2) is 0 Å². The maximum atomic E-state index is 12.2. The largest absolute Gasteiger partial charge is 0.491 e. The van der Waals surface area contributed by atoms with E-state index in [1.165, 1.54) is 0 Å². The van der Waals surface area contributed by atoms with Gasteiger partial charge >= 0.3 is 0 Å². The molecule has 1 saturated heterocycles. The van der Waals surface area contributed by atoms with E-state index < -0.39 is 0 Å². The van der Waals surface area contributed by atoms with E-state index in [-0.39, 0.29) is 12.0 Å². The van der Waals surface area contributed by atoms with Crippen molar-refractivity contribution >= 4 is 5.91 Å². The normalized spacial score (nSPS) is 16.8. The third kappa shape index (κ3) is 4.80. The molecule has 1 aliphatic rings. The molecule has 24 heavy (non-hydrogen) atoms. The Hall–Kier alpha value is -2.40. The van der Waals surface area contributed by atoms with Crippen LogP contribution in [-0.2, 0) is 11.2 Å². The smallest absolute Gasteiger partial charge is 0.251 e.